The van der Waals surface area contributed by atoms with E-state index in [9.17, 15) is 37.1 Å². The second-order valence-corrected chi connectivity index (χ2v) is 38.3. The summed E-state index contributed by atoms with van der Waals surface area (Å²) < 4.78 is 69.8. The van der Waals surface area contributed by atoms with Gasteiger partial charge in [-0.1, -0.05) is 194 Å². The van der Waals surface area contributed by atoms with Crippen molar-refractivity contribution in [2.45, 2.75) is 158 Å². The lowest BCUT2D eigenvalue weighted by molar-refractivity contribution is -0.123. The van der Waals surface area contributed by atoms with Crippen LogP contribution in [-0.4, -0.2) is 93.9 Å². The van der Waals surface area contributed by atoms with Gasteiger partial charge in [-0.05, 0) is 232 Å². The van der Waals surface area contributed by atoms with Crippen molar-refractivity contribution in [3.05, 3.63) is 399 Å². The lowest BCUT2D eigenvalue weighted by Crippen LogP contribution is -2.41. The van der Waals surface area contributed by atoms with Crippen LogP contribution in [0.25, 0.3) is 71.6 Å². The molecule has 16 aromatic rings. The van der Waals surface area contributed by atoms with Crippen LogP contribution in [0, 0.1) is 65.6 Å². The normalized spacial score (nSPS) is 15.3. The number of aliphatic imine (C=N–C) groups is 5. The molecule has 5 aliphatic heterocycles. The average Bonchev–Trinajstić information content (AvgIpc) is 1.65. The third-order valence-electron chi connectivity index (χ3n) is 24.8. The molecular formula is C115H96Cl3F3N14O10. The minimum absolute atomic E-state index is 0.00815. The number of carbonyl (C=O) groups is 5. The Hall–Kier alpha value is -16.2. The maximum Gasteiger partial charge on any atom is 0.223 e. The molecular weight excluding hydrogens is 1900 g/mol. The molecule has 10 aromatic carbocycles. The Kier molecular flexibility index (Phi) is 29.5. The number of Topliss-reactive ketones (excluding diaryl/α,β-unsaturated/α-hetero) is 4. The topological polar surface area (TPSA) is 333 Å². The van der Waals surface area contributed by atoms with Crippen molar-refractivity contribution in [2.24, 2.45) is 25.0 Å². The largest absolute Gasteiger partial charge is 0.384 e. The molecule has 1 amide bonds. The molecule has 0 fully saturated rings. The highest BCUT2D eigenvalue weighted by atomic mass is 35.5. The monoisotopic (exact) mass is 1990 g/mol. The van der Waals surface area contributed by atoms with E-state index in [1.165, 1.54) is 62.7 Å². The third kappa shape index (κ3) is 22.1. The van der Waals surface area contributed by atoms with Crippen LogP contribution in [0.2, 0.25) is 15.1 Å². The number of nitrogens with one attached hydrogen (secondary N) is 1. The van der Waals surface area contributed by atoms with E-state index in [4.69, 9.17) is 94.7 Å². The highest BCUT2D eigenvalue weighted by Crippen LogP contribution is 2.49. The first-order chi connectivity index (χ1) is 69.5. The van der Waals surface area contributed by atoms with Gasteiger partial charge < -0.3 is 33.7 Å². The quantitative estimate of drug-likeness (QED) is 0.0849. The summed E-state index contributed by atoms with van der Waals surface area (Å²) in [6.45, 7) is 30.5. The van der Waals surface area contributed by atoms with Gasteiger partial charge in [0.05, 0.1) is 97.8 Å². The number of nitrogens with zero attached hydrogens (tertiary/aromatic N) is 12. The third-order valence-corrected chi connectivity index (χ3v) is 25.5. The highest BCUT2D eigenvalue weighted by Gasteiger charge is 2.39. The highest BCUT2D eigenvalue weighted by molar-refractivity contribution is 6.32. The summed E-state index contributed by atoms with van der Waals surface area (Å²) in [5, 5.41) is 25.4. The molecule has 6 aromatic heterocycles. The van der Waals surface area contributed by atoms with Crippen LogP contribution in [0.1, 0.15) is 229 Å². The number of benzene rings is 10. The Bertz CT molecular complexity index is 7790. The molecule has 0 aliphatic carbocycles. The molecule has 21 rings (SSSR count). The zero-order chi connectivity index (χ0) is 103. The van der Waals surface area contributed by atoms with E-state index in [1.54, 1.807) is 85.9 Å². The molecule has 5 atom stereocenters. The van der Waals surface area contributed by atoms with Gasteiger partial charge in [0, 0.05) is 108 Å². The molecule has 11 heterocycles. The van der Waals surface area contributed by atoms with E-state index in [2.05, 4.69) is 90.3 Å². The second-order valence-electron chi connectivity index (χ2n) is 37.0. The van der Waals surface area contributed by atoms with Gasteiger partial charge in [-0.2, -0.15) is 0 Å². The summed E-state index contributed by atoms with van der Waals surface area (Å²) in [6, 6.07) is 66.2. The number of rotatable bonds is 16. The van der Waals surface area contributed by atoms with Crippen molar-refractivity contribution < 1.29 is 59.8 Å². The minimum atomic E-state index is -0.556. The molecule has 5 aliphatic rings. The Morgan fingerprint density at radius 2 is 0.634 bits per heavy atom. The van der Waals surface area contributed by atoms with Gasteiger partial charge in [0.15, 0.2) is 34.5 Å². The number of hydrogen-bond donors (Lipinski definition) is 2. The predicted octanol–water partition coefficient (Wildman–Crippen LogP) is 26.8. The van der Waals surface area contributed by atoms with Crippen LogP contribution in [0.4, 0.5) is 24.7 Å². The number of pyridine rings is 1. The van der Waals surface area contributed by atoms with E-state index in [0.717, 1.165) is 140 Å². The van der Waals surface area contributed by atoms with Gasteiger partial charge in [-0.3, -0.25) is 48.9 Å². The summed E-state index contributed by atoms with van der Waals surface area (Å²) in [5.74, 6) is 2.15. The molecule has 30 heteroatoms. The number of aromatic nitrogens is 6. The fraction of sp³-hybridized carbons (Fsp3) is 0.209. The zero-order valence-electron chi connectivity index (χ0n) is 81.2. The van der Waals surface area contributed by atoms with E-state index >= 15 is 0 Å². The van der Waals surface area contributed by atoms with Crippen LogP contribution >= 0.6 is 34.8 Å². The number of fused-ring (bicyclic) bond motifs is 15. The zero-order valence-corrected chi connectivity index (χ0v) is 83.5. The number of halogens is 6. The van der Waals surface area contributed by atoms with Crippen molar-refractivity contribution in [3.63, 3.8) is 0 Å². The smallest absolute Gasteiger partial charge is 0.223 e. The van der Waals surface area contributed by atoms with Gasteiger partial charge in [-0.25, -0.2) is 23.0 Å². The fourth-order valence-electron chi connectivity index (χ4n) is 18.3. The molecule has 0 unspecified atom stereocenters. The summed E-state index contributed by atoms with van der Waals surface area (Å²) in [4.78, 5) is 92.6. The van der Waals surface area contributed by atoms with Gasteiger partial charge in [0.2, 0.25) is 5.91 Å². The Labute approximate surface area is 848 Å². The predicted molar refractivity (Wildman–Crippen MR) is 555 cm³/mol. The van der Waals surface area contributed by atoms with E-state index in [-0.39, 0.29) is 84.1 Å². The number of ketones is 4. The molecule has 0 spiro atoms. The summed E-state index contributed by atoms with van der Waals surface area (Å²) in [6.07, 6.45) is 2.71. The van der Waals surface area contributed by atoms with Crippen LogP contribution < -0.4 is 11.1 Å². The van der Waals surface area contributed by atoms with Crippen molar-refractivity contribution in [1.29, 1.82) is 0 Å². The summed E-state index contributed by atoms with van der Waals surface area (Å²) in [7, 11) is 0. The van der Waals surface area contributed by atoms with Crippen molar-refractivity contribution >= 4 is 104 Å². The molecule has 0 saturated heterocycles. The second kappa shape index (κ2) is 42.6. The van der Waals surface area contributed by atoms with Crippen molar-refractivity contribution in [2.75, 3.05) is 5.73 Å². The average molecular weight is 2000 g/mol. The van der Waals surface area contributed by atoms with E-state index in [0.29, 0.717) is 95.0 Å². The molecule has 145 heavy (non-hydrogen) atoms. The van der Waals surface area contributed by atoms with Gasteiger partial charge in [0.25, 0.3) is 0 Å². The number of anilines is 1. The molecule has 24 nitrogen and oxygen atoms in total. The molecule has 3 N–H and O–H groups in total. The van der Waals surface area contributed by atoms with Crippen LogP contribution in [0.15, 0.2) is 284 Å². The van der Waals surface area contributed by atoms with Gasteiger partial charge in [-0.15, -0.1) is 0 Å². The summed E-state index contributed by atoms with van der Waals surface area (Å²) >= 11 is 18.4. The maximum atomic E-state index is 14.2. The van der Waals surface area contributed by atoms with Gasteiger partial charge in [0.1, 0.15) is 76.6 Å². The first-order valence-corrected chi connectivity index (χ1v) is 47.8. The standard InChI is InChI=1S/C27H24N4O2.C24H24ClN3O2.C22H16FN3O2.2C21H16ClFN2O2/c1-15-4-6-18(7-5-15)26-22-13-19(20-9-11-24(28)29-14-20)8-10-21(22)25-17(3)31-33-27(25)23(30-26)12-16(2)32;1-14-21-17-7-5-6-8-18(17)22(15-9-11-16(25)12-10-15)26-19(23(21)30-28-14)13-20(29)27-24(2,3)4;1-12(27)10-19-22-20(13(2)26-28-22)17-9-6-15(23)11-18(17)21(25-19)14-4-7-16(24-3)8-5-14;1-11(26)9-18-21-19(12(2)25-27-21)16-8-5-14(22)10-17(16)20(24-18)13-3-6-15(23)7-4-13;1-11(26)9-18-21-19(12(2)25-27-21)16-8-7-15(23)10-17(16)20(24-18)13-3-5-14(22)6-4-13/h4-11,13-14,23H,12H2,1-3H3,(H2,28,29);5-12,19H,13H2,1-4H3,(H,27,29);4-9,11,19H,10H2,1-2H3;2*3-8,10,18H,9H2,1-2H3/t23-;2*19-;2*18-/m00000/s1. The van der Waals surface area contributed by atoms with Crippen LogP contribution in [-0.2, 0) is 24.0 Å². The first kappa shape index (κ1) is 100. The summed E-state index contributed by atoms with van der Waals surface area (Å²) in [5.41, 5.74) is 32.9. The number of hydrogen-bond acceptors (Lipinski definition) is 22. The number of amides is 1. The minimum Gasteiger partial charge on any atom is -0.384 e. The van der Waals surface area contributed by atoms with Crippen molar-refractivity contribution in [1.82, 2.24) is 36.1 Å². The van der Waals surface area contributed by atoms with E-state index < -0.39 is 30.2 Å². The number of nitrogen functional groups attached to an aromatic ring is 1. The molecule has 0 radical (unpaired) electrons. The Morgan fingerprint density at radius 3 is 0.993 bits per heavy atom. The number of carbonyl (C=O) groups excluding carboxylic acids is 5. The van der Waals surface area contributed by atoms with Crippen LogP contribution in [0.5, 0.6) is 0 Å². The van der Waals surface area contributed by atoms with Crippen molar-refractivity contribution in [3.8, 4) is 66.8 Å². The first-order valence-electron chi connectivity index (χ1n) is 46.7. The Morgan fingerprint density at radius 1 is 0.345 bits per heavy atom. The molecule has 728 valence electrons. The van der Waals surface area contributed by atoms with E-state index in [1.807, 2.05) is 134 Å². The number of nitrogens with two attached hydrogens (primary N) is 1. The maximum absolute atomic E-state index is 14.2. The molecule has 0 bridgehead atoms. The lowest BCUT2D eigenvalue weighted by Gasteiger charge is -2.21. The molecule has 0 saturated carbocycles. The lowest BCUT2D eigenvalue weighted by atomic mass is 9.90. The van der Waals surface area contributed by atoms with Gasteiger partial charge >= 0.3 is 0 Å². The van der Waals surface area contributed by atoms with Crippen LogP contribution in [0.3, 0.4) is 0 Å². The fourth-order valence-corrected chi connectivity index (χ4v) is 18.8. The number of aryl methyl sites for hydroxylation is 6. The SMILES string of the molecule is CC(=O)C[C@@H]1N=C(c2ccc(C)cc2)c2cc(-c3ccc(N)nc3)ccc2-c2c(C)noc21.CC(=O)C[C@@H]1N=C(c2ccc(Cl)cc2)c2cc(F)ccc2-c2c(C)noc21.CC(=O)C[C@@H]1N=C(c2ccc(F)cc2)c2cc(Cl)ccc2-c2c(C)noc21.Cc1noc2c1-c1ccccc1C(c1ccc(Cl)cc1)=N[C@H]2CC(=O)NC(C)(C)C.[C-]#[N+]c1ccc(C2=N[C@@H](CC(C)=O)c3onc(C)c3-c3ccc(F)cc32)cc1. The Balaban J connectivity index is 0.000000124.